The van der Waals surface area contributed by atoms with Crippen molar-refractivity contribution < 1.29 is 9.90 Å². The maximum absolute atomic E-state index is 11.0. The van der Waals surface area contributed by atoms with Gasteiger partial charge in [0.05, 0.1) is 0 Å². The zero-order valence-corrected chi connectivity index (χ0v) is 8.82. The van der Waals surface area contributed by atoms with Crippen molar-refractivity contribution in [2.24, 2.45) is 5.41 Å². The number of aldehydes is 1. The largest absolute Gasteiger partial charge is 0.377 e. The van der Waals surface area contributed by atoms with Crippen molar-refractivity contribution in [3.8, 4) is 0 Å². The van der Waals surface area contributed by atoms with Crippen LogP contribution in [0.25, 0.3) is 0 Å². The number of hydrogen-bond acceptors (Lipinski definition) is 2. The molecule has 76 valence electrons. The molecule has 0 fully saturated rings. The summed E-state index contributed by atoms with van der Waals surface area (Å²) in [6, 6.07) is 9.02. The average molecular weight is 192 g/mol. The van der Waals surface area contributed by atoms with E-state index in [0.717, 1.165) is 0 Å². The van der Waals surface area contributed by atoms with Gasteiger partial charge in [0.25, 0.3) is 0 Å². The SMILES string of the molecule is CC(C)(C)C(O)(C=O)c1ccccc1. The normalized spacial score (nSPS) is 16.0. The Morgan fingerprint density at radius 1 is 1.14 bits per heavy atom. The average Bonchev–Trinajstić information content (AvgIpc) is 2.16. The summed E-state index contributed by atoms with van der Waals surface area (Å²) in [6.07, 6.45) is 0.613. The summed E-state index contributed by atoms with van der Waals surface area (Å²) >= 11 is 0. The highest BCUT2D eigenvalue weighted by Crippen LogP contribution is 2.37. The van der Waals surface area contributed by atoms with Crippen LogP contribution in [0.1, 0.15) is 26.3 Å². The molecule has 0 saturated heterocycles. The maximum atomic E-state index is 11.0. The van der Waals surface area contributed by atoms with E-state index in [1.807, 2.05) is 39.0 Å². The minimum Gasteiger partial charge on any atom is -0.377 e. The maximum Gasteiger partial charge on any atom is 0.156 e. The predicted molar refractivity (Wildman–Crippen MR) is 55.9 cm³/mol. The van der Waals surface area contributed by atoms with Crippen LogP contribution in [0.4, 0.5) is 0 Å². The van der Waals surface area contributed by atoms with Crippen LogP contribution in [0.5, 0.6) is 0 Å². The molecular formula is C12H16O2. The first-order valence-electron chi connectivity index (χ1n) is 4.66. The van der Waals surface area contributed by atoms with Gasteiger partial charge >= 0.3 is 0 Å². The predicted octanol–water partition coefficient (Wildman–Crippen LogP) is 2.12. The monoisotopic (exact) mass is 192 g/mol. The first-order chi connectivity index (χ1) is 6.42. The van der Waals surface area contributed by atoms with Crippen molar-refractivity contribution in [2.75, 3.05) is 0 Å². The molecule has 0 radical (unpaired) electrons. The second-order valence-electron chi connectivity index (χ2n) is 4.50. The molecule has 1 atom stereocenters. The van der Waals surface area contributed by atoms with E-state index in [2.05, 4.69) is 0 Å². The number of rotatable bonds is 2. The van der Waals surface area contributed by atoms with Crippen molar-refractivity contribution in [3.63, 3.8) is 0 Å². The molecule has 1 aromatic carbocycles. The summed E-state index contributed by atoms with van der Waals surface area (Å²) in [4.78, 5) is 11.0. The van der Waals surface area contributed by atoms with Gasteiger partial charge in [0, 0.05) is 5.41 Å². The second-order valence-corrected chi connectivity index (χ2v) is 4.50. The first kappa shape index (κ1) is 10.9. The summed E-state index contributed by atoms with van der Waals surface area (Å²) in [5.41, 5.74) is -1.27. The number of carbonyl (C=O) groups is 1. The van der Waals surface area contributed by atoms with E-state index in [9.17, 15) is 9.90 Å². The molecular weight excluding hydrogens is 176 g/mol. The van der Waals surface area contributed by atoms with Gasteiger partial charge in [-0.25, -0.2) is 0 Å². The number of hydrogen-bond donors (Lipinski definition) is 1. The molecule has 0 bridgehead atoms. The summed E-state index contributed by atoms with van der Waals surface area (Å²) in [6.45, 7) is 5.52. The molecule has 0 aromatic heterocycles. The molecule has 1 N–H and O–H groups in total. The van der Waals surface area contributed by atoms with Gasteiger partial charge in [-0.15, -0.1) is 0 Å². The van der Waals surface area contributed by atoms with E-state index in [0.29, 0.717) is 11.8 Å². The lowest BCUT2D eigenvalue weighted by atomic mass is 9.73. The van der Waals surface area contributed by atoms with E-state index in [4.69, 9.17) is 0 Å². The fourth-order valence-electron chi connectivity index (χ4n) is 1.37. The lowest BCUT2D eigenvalue weighted by Gasteiger charge is -2.35. The van der Waals surface area contributed by atoms with Gasteiger partial charge in [-0.05, 0) is 5.56 Å². The highest BCUT2D eigenvalue weighted by Gasteiger charge is 2.41. The zero-order chi connectivity index (χ0) is 10.8. The van der Waals surface area contributed by atoms with E-state index in [1.54, 1.807) is 12.1 Å². The van der Waals surface area contributed by atoms with Gasteiger partial charge in [0.15, 0.2) is 6.29 Å². The third-order valence-corrected chi connectivity index (χ3v) is 2.53. The lowest BCUT2D eigenvalue weighted by molar-refractivity contribution is -0.137. The van der Waals surface area contributed by atoms with Gasteiger partial charge in [0.2, 0.25) is 0 Å². The first-order valence-corrected chi connectivity index (χ1v) is 4.66. The highest BCUT2D eigenvalue weighted by atomic mass is 16.3. The van der Waals surface area contributed by atoms with Crippen LogP contribution in [0.3, 0.4) is 0 Å². The molecule has 1 unspecified atom stereocenters. The molecule has 0 aliphatic carbocycles. The Kier molecular flexibility index (Phi) is 2.76. The Morgan fingerprint density at radius 2 is 1.64 bits per heavy atom. The van der Waals surface area contributed by atoms with Gasteiger partial charge < -0.3 is 5.11 Å². The van der Waals surface area contributed by atoms with Crippen molar-refractivity contribution >= 4 is 6.29 Å². The Hall–Kier alpha value is -1.15. The molecule has 2 heteroatoms. The Bertz CT molecular complexity index is 311. The van der Waals surface area contributed by atoms with Gasteiger partial charge in [-0.3, -0.25) is 4.79 Å². The van der Waals surface area contributed by atoms with Crippen molar-refractivity contribution in [1.82, 2.24) is 0 Å². The minimum atomic E-state index is -1.41. The van der Waals surface area contributed by atoms with Crippen molar-refractivity contribution in [1.29, 1.82) is 0 Å². The van der Waals surface area contributed by atoms with Crippen LogP contribution in [-0.2, 0) is 10.4 Å². The number of benzene rings is 1. The molecule has 0 spiro atoms. The van der Waals surface area contributed by atoms with Crippen LogP contribution in [-0.4, -0.2) is 11.4 Å². The van der Waals surface area contributed by atoms with Gasteiger partial charge in [-0.1, -0.05) is 51.1 Å². The van der Waals surface area contributed by atoms with E-state index in [1.165, 1.54) is 0 Å². The topological polar surface area (TPSA) is 37.3 Å². The molecule has 0 aliphatic rings. The Morgan fingerprint density at radius 3 is 2.00 bits per heavy atom. The third kappa shape index (κ3) is 1.70. The van der Waals surface area contributed by atoms with Gasteiger partial charge in [0.1, 0.15) is 5.60 Å². The molecule has 0 aliphatic heterocycles. The summed E-state index contributed by atoms with van der Waals surface area (Å²) < 4.78 is 0. The van der Waals surface area contributed by atoms with Crippen LogP contribution in [0.2, 0.25) is 0 Å². The highest BCUT2D eigenvalue weighted by molar-refractivity contribution is 5.67. The fraction of sp³-hybridized carbons (Fsp3) is 0.417. The van der Waals surface area contributed by atoms with E-state index in [-0.39, 0.29) is 0 Å². The van der Waals surface area contributed by atoms with Crippen LogP contribution in [0.15, 0.2) is 30.3 Å². The van der Waals surface area contributed by atoms with E-state index >= 15 is 0 Å². The zero-order valence-electron chi connectivity index (χ0n) is 8.82. The third-order valence-electron chi connectivity index (χ3n) is 2.53. The van der Waals surface area contributed by atoms with Gasteiger partial charge in [-0.2, -0.15) is 0 Å². The lowest BCUT2D eigenvalue weighted by Crippen LogP contribution is -2.41. The van der Waals surface area contributed by atoms with Crippen LogP contribution >= 0.6 is 0 Å². The molecule has 0 saturated carbocycles. The van der Waals surface area contributed by atoms with Crippen molar-refractivity contribution in [3.05, 3.63) is 35.9 Å². The van der Waals surface area contributed by atoms with Crippen molar-refractivity contribution in [2.45, 2.75) is 26.4 Å². The minimum absolute atomic E-state index is 0.504. The molecule has 0 amide bonds. The fourth-order valence-corrected chi connectivity index (χ4v) is 1.37. The summed E-state index contributed by atoms with van der Waals surface area (Å²) in [5.74, 6) is 0. The second kappa shape index (κ2) is 3.54. The van der Waals surface area contributed by atoms with E-state index < -0.39 is 11.0 Å². The molecule has 0 heterocycles. The smallest absolute Gasteiger partial charge is 0.156 e. The number of aliphatic hydroxyl groups is 1. The standard InChI is InChI=1S/C12H16O2/c1-11(2,3)12(14,9-13)10-7-5-4-6-8-10/h4-9,14H,1-3H3. The molecule has 1 aromatic rings. The molecule has 1 rings (SSSR count). The quantitative estimate of drug-likeness (QED) is 0.729. The summed E-state index contributed by atoms with van der Waals surface area (Å²) in [7, 11) is 0. The number of carbonyl (C=O) groups excluding carboxylic acids is 1. The molecule has 14 heavy (non-hydrogen) atoms. The molecule has 2 nitrogen and oxygen atoms in total. The van der Waals surface area contributed by atoms with Crippen LogP contribution in [0, 0.1) is 5.41 Å². The summed E-state index contributed by atoms with van der Waals surface area (Å²) in [5, 5.41) is 10.3. The Labute approximate surface area is 84.6 Å². The Balaban J connectivity index is 3.22. The van der Waals surface area contributed by atoms with Crippen LogP contribution < -0.4 is 0 Å².